The molecule has 0 fully saturated rings. The minimum Gasteiger partial charge on any atom is -0.476 e. The zero-order valence-corrected chi connectivity index (χ0v) is 11.3. The summed E-state index contributed by atoms with van der Waals surface area (Å²) in [6, 6.07) is 0. The highest BCUT2D eigenvalue weighted by atomic mass is 35.5. The van der Waals surface area contributed by atoms with Crippen molar-refractivity contribution in [3.8, 4) is 5.88 Å². The lowest BCUT2D eigenvalue weighted by molar-refractivity contribution is 0.294. The first-order valence-corrected chi connectivity index (χ1v) is 6.45. The lowest BCUT2D eigenvalue weighted by Crippen LogP contribution is -2.05. The quantitative estimate of drug-likeness (QED) is 0.601. The van der Waals surface area contributed by atoms with Gasteiger partial charge in [0.05, 0.1) is 12.3 Å². The van der Waals surface area contributed by atoms with E-state index in [4.69, 9.17) is 22.1 Å². The summed E-state index contributed by atoms with van der Waals surface area (Å²) in [6.45, 7) is 4.61. The van der Waals surface area contributed by atoms with Crippen molar-refractivity contribution in [1.29, 1.82) is 0 Å². The summed E-state index contributed by atoms with van der Waals surface area (Å²) in [5.41, 5.74) is 6.94. The SMILES string of the molecule is CCCCCCCOc1nc(Cl)nc(C)c1N. The molecule has 1 heterocycles. The lowest BCUT2D eigenvalue weighted by Gasteiger charge is -2.09. The topological polar surface area (TPSA) is 61.0 Å². The van der Waals surface area contributed by atoms with Gasteiger partial charge in [0.1, 0.15) is 5.69 Å². The Hall–Kier alpha value is -1.03. The summed E-state index contributed by atoms with van der Waals surface area (Å²) in [6.07, 6.45) is 5.96. The summed E-state index contributed by atoms with van der Waals surface area (Å²) in [4.78, 5) is 7.93. The summed E-state index contributed by atoms with van der Waals surface area (Å²) < 4.78 is 5.52. The Bertz CT molecular complexity index is 358. The van der Waals surface area contributed by atoms with E-state index in [1.807, 2.05) is 0 Å². The molecule has 0 aliphatic carbocycles. The number of nitrogens with zero attached hydrogens (tertiary/aromatic N) is 2. The van der Waals surface area contributed by atoms with Crippen LogP contribution in [-0.2, 0) is 0 Å². The molecule has 0 radical (unpaired) electrons. The Balaban J connectivity index is 2.36. The third-order valence-electron chi connectivity index (χ3n) is 2.56. The van der Waals surface area contributed by atoms with Crippen LogP contribution in [0.3, 0.4) is 0 Å². The second kappa shape index (κ2) is 7.33. The molecule has 0 atom stereocenters. The van der Waals surface area contributed by atoms with E-state index in [2.05, 4.69) is 16.9 Å². The van der Waals surface area contributed by atoms with Gasteiger partial charge in [-0.3, -0.25) is 0 Å². The molecule has 0 saturated carbocycles. The smallest absolute Gasteiger partial charge is 0.241 e. The highest BCUT2D eigenvalue weighted by molar-refractivity contribution is 6.28. The minimum absolute atomic E-state index is 0.178. The fraction of sp³-hybridized carbons (Fsp3) is 0.667. The van der Waals surface area contributed by atoms with Crippen molar-refractivity contribution in [2.45, 2.75) is 46.0 Å². The molecule has 4 nitrogen and oxygen atoms in total. The fourth-order valence-electron chi connectivity index (χ4n) is 1.51. The van der Waals surface area contributed by atoms with E-state index >= 15 is 0 Å². The molecule has 0 spiro atoms. The van der Waals surface area contributed by atoms with Gasteiger partial charge in [-0.05, 0) is 24.9 Å². The van der Waals surface area contributed by atoms with Crippen LogP contribution in [-0.4, -0.2) is 16.6 Å². The predicted octanol–water partition coefficient (Wildman–Crippen LogP) is 3.37. The van der Waals surface area contributed by atoms with Crippen molar-refractivity contribution in [3.05, 3.63) is 11.0 Å². The summed E-state index contributed by atoms with van der Waals surface area (Å²) in [7, 11) is 0. The van der Waals surface area contributed by atoms with Crippen LogP contribution in [0.15, 0.2) is 0 Å². The van der Waals surface area contributed by atoms with E-state index in [0.29, 0.717) is 23.9 Å². The average molecular weight is 258 g/mol. The number of aromatic nitrogens is 2. The minimum atomic E-state index is 0.178. The number of nitrogens with two attached hydrogens (primary N) is 1. The van der Waals surface area contributed by atoms with Crippen LogP contribution >= 0.6 is 11.6 Å². The number of anilines is 1. The zero-order valence-electron chi connectivity index (χ0n) is 10.5. The molecule has 0 bridgehead atoms. The molecule has 5 heteroatoms. The van der Waals surface area contributed by atoms with Gasteiger partial charge in [-0.25, -0.2) is 4.98 Å². The Kier molecular flexibility index (Phi) is 6.05. The van der Waals surface area contributed by atoms with E-state index in [0.717, 1.165) is 6.42 Å². The first-order chi connectivity index (χ1) is 8.15. The van der Waals surface area contributed by atoms with Gasteiger partial charge in [0.25, 0.3) is 0 Å². The molecular weight excluding hydrogens is 238 g/mol. The van der Waals surface area contributed by atoms with Crippen LogP contribution in [0.5, 0.6) is 5.88 Å². The van der Waals surface area contributed by atoms with E-state index in [1.54, 1.807) is 6.92 Å². The predicted molar refractivity (Wildman–Crippen MR) is 70.4 cm³/mol. The molecule has 2 N–H and O–H groups in total. The number of unbranched alkanes of at least 4 members (excludes halogenated alkanes) is 4. The second-order valence-corrected chi connectivity index (χ2v) is 4.40. The van der Waals surface area contributed by atoms with Crippen LogP contribution in [0.25, 0.3) is 0 Å². The van der Waals surface area contributed by atoms with Gasteiger partial charge in [0, 0.05) is 0 Å². The van der Waals surface area contributed by atoms with E-state index in [-0.39, 0.29) is 5.28 Å². The summed E-state index contributed by atoms with van der Waals surface area (Å²) in [5.74, 6) is 0.401. The Morgan fingerprint density at radius 3 is 2.59 bits per heavy atom. The van der Waals surface area contributed by atoms with Gasteiger partial charge in [0.15, 0.2) is 0 Å². The first-order valence-electron chi connectivity index (χ1n) is 6.07. The maximum absolute atomic E-state index is 5.81. The molecule has 1 rings (SSSR count). The summed E-state index contributed by atoms with van der Waals surface area (Å²) in [5, 5.41) is 0.178. The van der Waals surface area contributed by atoms with Crippen molar-refractivity contribution in [3.63, 3.8) is 0 Å². The molecule has 0 amide bonds. The molecule has 1 aromatic heterocycles. The van der Waals surface area contributed by atoms with E-state index < -0.39 is 0 Å². The van der Waals surface area contributed by atoms with Crippen molar-refractivity contribution in [2.24, 2.45) is 0 Å². The second-order valence-electron chi connectivity index (χ2n) is 4.06. The van der Waals surface area contributed by atoms with Gasteiger partial charge < -0.3 is 10.5 Å². The summed E-state index contributed by atoms with van der Waals surface area (Å²) >= 11 is 5.75. The maximum Gasteiger partial charge on any atom is 0.241 e. The van der Waals surface area contributed by atoms with Crippen LogP contribution in [0.2, 0.25) is 5.28 Å². The molecule has 0 aromatic carbocycles. The molecule has 0 aliphatic heterocycles. The van der Waals surface area contributed by atoms with E-state index in [1.165, 1.54) is 25.7 Å². The zero-order chi connectivity index (χ0) is 12.7. The molecule has 1 aromatic rings. The number of hydrogen-bond donors (Lipinski definition) is 1. The molecular formula is C12H20ClN3O. The average Bonchev–Trinajstić information content (AvgIpc) is 2.29. The van der Waals surface area contributed by atoms with Crippen LogP contribution < -0.4 is 10.5 Å². The van der Waals surface area contributed by atoms with Crippen LogP contribution in [0, 0.1) is 6.92 Å². The standard InChI is InChI=1S/C12H20ClN3O/c1-3-4-5-6-7-8-17-11-10(14)9(2)15-12(13)16-11/h3-8,14H2,1-2H3. The normalized spacial score (nSPS) is 10.5. The monoisotopic (exact) mass is 257 g/mol. The van der Waals surface area contributed by atoms with Gasteiger partial charge in [-0.15, -0.1) is 0 Å². The van der Waals surface area contributed by atoms with E-state index in [9.17, 15) is 0 Å². The van der Waals surface area contributed by atoms with Crippen LogP contribution in [0.1, 0.15) is 44.7 Å². The highest BCUT2D eigenvalue weighted by Crippen LogP contribution is 2.23. The number of ether oxygens (including phenoxy) is 1. The van der Waals surface area contributed by atoms with Gasteiger partial charge in [-0.1, -0.05) is 32.6 Å². The van der Waals surface area contributed by atoms with Gasteiger partial charge >= 0.3 is 0 Å². The maximum atomic E-state index is 5.81. The third kappa shape index (κ3) is 4.77. The van der Waals surface area contributed by atoms with Crippen molar-refractivity contribution < 1.29 is 4.74 Å². The Morgan fingerprint density at radius 1 is 1.18 bits per heavy atom. The molecule has 0 saturated heterocycles. The molecule has 0 unspecified atom stereocenters. The molecule has 17 heavy (non-hydrogen) atoms. The Morgan fingerprint density at radius 2 is 1.88 bits per heavy atom. The lowest BCUT2D eigenvalue weighted by atomic mass is 10.2. The highest BCUT2D eigenvalue weighted by Gasteiger charge is 2.08. The first kappa shape index (κ1) is 14.0. The number of aryl methyl sites for hydroxylation is 1. The van der Waals surface area contributed by atoms with Crippen molar-refractivity contribution >= 4 is 17.3 Å². The largest absolute Gasteiger partial charge is 0.476 e. The number of hydrogen-bond acceptors (Lipinski definition) is 4. The number of nitrogen functional groups attached to an aromatic ring is 1. The molecule has 0 aliphatic rings. The third-order valence-corrected chi connectivity index (χ3v) is 2.73. The number of halogens is 1. The van der Waals surface area contributed by atoms with Gasteiger partial charge in [-0.2, -0.15) is 4.98 Å². The van der Waals surface area contributed by atoms with Crippen molar-refractivity contribution in [2.75, 3.05) is 12.3 Å². The number of rotatable bonds is 7. The molecule has 96 valence electrons. The van der Waals surface area contributed by atoms with Gasteiger partial charge in [0.2, 0.25) is 11.2 Å². The van der Waals surface area contributed by atoms with Crippen LogP contribution in [0.4, 0.5) is 5.69 Å². The Labute approximate surface area is 108 Å². The van der Waals surface area contributed by atoms with Crippen molar-refractivity contribution in [1.82, 2.24) is 9.97 Å². The fourth-order valence-corrected chi connectivity index (χ4v) is 1.71.